The first-order chi connectivity index (χ1) is 15.3. The fourth-order valence-corrected chi connectivity index (χ4v) is 3.42. The third kappa shape index (κ3) is 4.43. The molecule has 0 saturated carbocycles. The minimum atomic E-state index is -0.890. The second-order valence-corrected chi connectivity index (χ2v) is 7.14. The minimum Gasteiger partial charge on any atom is -0.496 e. The van der Waals surface area contributed by atoms with E-state index in [1.165, 1.54) is 35.9 Å². The Bertz CT molecular complexity index is 1050. The van der Waals surface area contributed by atoms with Crippen LogP contribution in [-0.2, 0) is 19.1 Å². The van der Waals surface area contributed by atoms with Crippen LogP contribution in [0.3, 0.4) is 0 Å². The van der Waals surface area contributed by atoms with Gasteiger partial charge in [0, 0.05) is 11.3 Å². The van der Waals surface area contributed by atoms with Crippen molar-refractivity contribution in [3.05, 3.63) is 41.2 Å². The van der Waals surface area contributed by atoms with Crippen LogP contribution in [0.2, 0.25) is 0 Å². The topological polar surface area (TPSA) is 117 Å². The molecule has 0 bridgehead atoms. The molecule has 2 heterocycles. The van der Waals surface area contributed by atoms with E-state index >= 15 is 0 Å². The number of carbonyl (C=O) groups excluding carboxylic acids is 4. The number of fused-ring (bicyclic) bond motifs is 1. The van der Waals surface area contributed by atoms with Gasteiger partial charge in [0.2, 0.25) is 0 Å². The zero-order valence-electron chi connectivity index (χ0n) is 18.4. The molecule has 0 fully saturated rings. The molecule has 0 spiro atoms. The summed E-state index contributed by atoms with van der Waals surface area (Å²) < 4.78 is 11.8. The van der Waals surface area contributed by atoms with Crippen molar-refractivity contribution >= 4 is 41.6 Å². The number of benzene rings is 1. The summed E-state index contributed by atoms with van der Waals surface area (Å²) in [6.07, 6.45) is 1.55. The fourth-order valence-electron chi connectivity index (χ4n) is 3.42. The van der Waals surface area contributed by atoms with E-state index in [1.807, 2.05) is 0 Å². The number of nitrogens with one attached hydrogen (secondary N) is 1. The quantitative estimate of drug-likeness (QED) is 0.509. The van der Waals surface area contributed by atoms with Crippen LogP contribution in [0.15, 0.2) is 40.6 Å². The summed E-state index contributed by atoms with van der Waals surface area (Å²) in [5.41, 5.74) is 1.44. The minimum absolute atomic E-state index is 0.259. The summed E-state index contributed by atoms with van der Waals surface area (Å²) in [6, 6.07) is 5.46. The van der Waals surface area contributed by atoms with Gasteiger partial charge < -0.3 is 14.8 Å². The van der Waals surface area contributed by atoms with Gasteiger partial charge in [0.25, 0.3) is 11.7 Å². The Morgan fingerprint density at radius 3 is 2.47 bits per heavy atom. The predicted octanol–water partition coefficient (Wildman–Crippen LogP) is 1.82. The Labute approximate surface area is 185 Å². The highest BCUT2D eigenvalue weighted by Gasteiger charge is 2.50. The predicted molar refractivity (Wildman–Crippen MR) is 116 cm³/mol. The molecule has 1 atom stereocenters. The van der Waals surface area contributed by atoms with Gasteiger partial charge in [-0.1, -0.05) is 0 Å². The Hall–Kier alpha value is -3.82. The smallest absolute Gasteiger partial charge is 0.446 e. The maximum atomic E-state index is 13.2. The van der Waals surface area contributed by atoms with Crippen molar-refractivity contribution < 1.29 is 33.2 Å². The molecule has 2 aliphatic rings. The lowest BCUT2D eigenvalue weighted by Gasteiger charge is -2.29. The number of urea groups is 1. The number of hydrogen-bond donors (Lipinski definition) is 1. The van der Waals surface area contributed by atoms with Crippen molar-refractivity contribution in [2.24, 2.45) is 10.9 Å². The lowest BCUT2D eigenvalue weighted by molar-refractivity contribution is -0.408. The third-order valence-electron chi connectivity index (χ3n) is 4.96. The van der Waals surface area contributed by atoms with Crippen LogP contribution in [0.5, 0.6) is 0 Å². The van der Waals surface area contributed by atoms with Crippen LogP contribution < -0.4 is 5.32 Å². The first-order valence-electron chi connectivity index (χ1n) is 10.2. The molecule has 1 unspecified atom stereocenters. The van der Waals surface area contributed by atoms with E-state index < -0.39 is 36.3 Å². The van der Waals surface area contributed by atoms with E-state index in [0.717, 1.165) is 4.90 Å². The number of nitrogens with zero attached hydrogens (tertiary/aromatic N) is 3. The number of hydrogen-bond acceptors (Lipinski definition) is 7. The number of aliphatic imine (C=N–C) groups is 1. The first kappa shape index (κ1) is 22.9. The summed E-state index contributed by atoms with van der Waals surface area (Å²) in [4.78, 5) is 55.3. The van der Waals surface area contributed by atoms with Crippen molar-refractivity contribution in [2.45, 2.75) is 20.8 Å². The second kappa shape index (κ2) is 9.54. The molecule has 168 valence electrons. The Morgan fingerprint density at radius 1 is 1.16 bits per heavy atom. The molecule has 2 aliphatic heterocycles. The summed E-state index contributed by atoms with van der Waals surface area (Å²) in [7, 11) is 1.50. The number of rotatable bonds is 7. The van der Waals surface area contributed by atoms with Gasteiger partial charge >= 0.3 is 17.9 Å². The summed E-state index contributed by atoms with van der Waals surface area (Å²) >= 11 is 0. The SMILES string of the molecule is CCOC(=O)c1ccc(NC(=O)CN2C(=O)C3C(OCC)=C(C)C=NC3=[N+](C)C2=O)cc1. The van der Waals surface area contributed by atoms with Crippen LogP contribution in [0, 0.1) is 5.92 Å². The maximum absolute atomic E-state index is 13.2. The summed E-state index contributed by atoms with van der Waals surface area (Å²) in [5, 5.41) is 2.63. The van der Waals surface area contributed by atoms with Crippen molar-refractivity contribution in [1.29, 1.82) is 0 Å². The van der Waals surface area contributed by atoms with Gasteiger partial charge in [0.05, 0.1) is 25.8 Å². The molecule has 1 aromatic carbocycles. The molecule has 3 rings (SSSR count). The van der Waals surface area contributed by atoms with Gasteiger partial charge in [-0.05, 0) is 45.0 Å². The van der Waals surface area contributed by atoms with E-state index in [-0.39, 0.29) is 12.4 Å². The van der Waals surface area contributed by atoms with Crippen LogP contribution >= 0.6 is 0 Å². The van der Waals surface area contributed by atoms with E-state index in [2.05, 4.69) is 10.3 Å². The van der Waals surface area contributed by atoms with Crippen molar-refractivity contribution in [3.8, 4) is 0 Å². The number of anilines is 1. The molecule has 0 saturated heterocycles. The molecular weight excluding hydrogens is 416 g/mol. The molecule has 1 aromatic rings. The molecular formula is C22H25N4O6+. The average Bonchev–Trinajstić information content (AvgIpc) is 2.77. The fraction of sp³-hybridized carbons (Fsp3) is 0.364. The highest BCUT2D eigenvalue weighted by atomic mass is 16.5. The number of esters is 1. The molecule has 0 aliphatic carbocycles. The number of imide groups is 1. The monoisotopic (exact) mass is 441 g/mol. The zero-order chi connectivity index (χ0) is 23.4. The maximum Gasteiger partial charge on any atom is 0.446 e. The molecule has 4 amide bonds. The number of allylic oxidation sites excluding steroid dienone is 1. The normalized spacial score (nSPS) is 18.0. The Balaban J connectivity index is 1.76. The van der Waals surface area contributed by atoms with Gasteiger partial charge in [0.1, 0.15) is 12.0 Å². The molecule has 0 radical (unpaired) electrons. The van der Waals surface area contributed by atoms with Gasteiger partial charge in [-0.25, -0.2) is 9.59 Å². The zero-order valence-corrected chi connectivity index (χ0v) is 18.4. The molecule has 32 heavy (non-hydrogen) atoms. The van der Waals surface area contributed by atoms with Crippen LogP contribution in [0.4, 0.5) is 10.5 Å². The Morgan fingerprint density at radius 2 is 1.84 bits per heavy atom. The van der Waals surface area contributed by atoms with E-state index in [1.54, 1.807) is 27.0 Å². The molecule has 10 nitrogen and oxygen atoms in total. The van der Waals surface area contributed by atoms with Gasteiger partial charge in [-0.2, -0.15) is 9.48 Å². The van der Waals surface area contributed by atoms with Crippen molar-refractivity contribution in [3.63, 3.8) is 0 Å². The standard InChI is InChI=1S/C22H24N4O6/c1-5-31-18-13(3)11-23-19-17(18)20(28)26(22(30)25(19)4)12-16(27)24-15-9-7-14(8-10-15)21(29)32-6-2/h7-11,17H,5-6,12H2,1-4H3/p+1. The highest BCUT2D eigenvalue weighted by Crippen LogP contribution is 2.28. The number of amides is 4. The first-order valence-corrected chi connectivity index (χ1v) is 10.2. The van der Waals surface area contributed by atoms with Crippen molar-refractivity contribution in [2.75, 3.05) is 32.1 Å². The van der Waals surface area contributed by atoms with Gasteiger partial charge in [0.15, 0.2) is 12.5 Å². The average molecular weight is 441 g/mol. The number of dihydropyridines is 1. The number of ether oxygens (including phenoxy) is 2. The number of carbonyl (C=O) groups is 4. The summed E-state index contributed by atoms with van der Waals surface area (Å²) in [6.45, 7) is 5.40. The largest absolute Gasteiger partial charge is 0.496 e. The van der Waals surface area contributed by atoms with E-state index in [9.17, 15) is 19.2 Å². The highest BCUT2D eigenvalue weighted by molar-refractivity contribution is 6.17. The summed E-state index contributed by atoms with van der Waals surface area (Å²) in [5.74, 6) is -1.81. The lowest BCUT2D eigenvalue weighted by atomic mass is 9.96. The van der Waals surface area contributed by atoms with Crippen molar-refractivity contribution in [1.82, 2.24) is 4.90 Å². The van der Waals surface area contributed by atoms with E-state index in [4.69, 9.17) is 9.47 Å². The van der Waals surface area contributed by atoms with Crippen LogP contribution in [0.25, 0.3) is 0 Å². The van der Waals surface area contributed by atoms with Gasteiger partial charge in [-0.15, -0.1) is 4.99 Å². The van der Waals surface area contributed by atoms with Crippen LogP contribution in [-0.4, -0.2) is 72.1 Å². The molecule has 1 N–H and O–H groups in total. The lowest BCUT2D eigenvalue weighted by Crippen LogP contribution is -2.56. The van der Waals surface area contributed by atoms with Gasteiger partial charge in [-0.3, -0.25) is 9.59 Å². The third-order valence-corrected chi connectivity index (χ3v) is 4.96. The Kier molecular flexibility index (Phi) is 6.82. The van der Waals surface area contributed by atoms with E-state index in [0.29, 0.717) is 29.2 Å². The van der Waals surface area contributed by atoms with Crippen LogP contribution in [0.1, 0.15) is 31.1 Å². The number of amidine groups is 1. The second-order valence-electron chi connectivity index (χ2n) is 7.14. The molecule has 10 heteroatoms. The molecule has 0 aromatic heterocycles.